The van der Waals surface area contributed by atoms with Crippen LogP contribution in [-0.2, 0) is 21.3 Å². The molecule has 2 rings (SSSR count). The zero-order valence-electron chi connectivity index (χ0n) is 14.9. The van der Waals surface area contributed by atoms with Gasteiger partial charge in [-0.2, -0.15) is 0 Å². The number of carbonyl (C=O) groups is 1. The van der Waals surface area contributed by atoms with Gasteiger partial charge in [0.1, 0.15) is 0 Å². The molecule has 0 unspecified atom stereocenters. The van der Waals surface area contributed by atoms with Gasteiger partial charge in [0.05, 0.1) is 17.4 Å². The Kier molecular flexibility index (Phi) is 5.65. The molecule has 134 valence electrons. The third kappa shape index (κ3) is 4.46. The first-order valence-corrected chi connectivity index (χ1v) is 9.40. The van der Waals surface area contributed by atoms with Gasteiger partial charge in [-0.1, -0.05) is 36.4 Å². The Labute approximate surface area is 149 Å². The molecule has 0 aliphatic rings. The highest BCUT2D eigenvalue weighted by molar-refractivity contribution is 7.90. The zero-order chi connectivity index (χ0) is 18.7. The molecule has 0 aliphatic carbocycles. The normalized spacial score (nSPS) is 12.0. The highest BCUT2D eigenvalue weighted by atomic mass is 32.2. The first-order valence-electron chi connectivity index (χ1n) is 7.91. The molecule has 0 saturated heterocycles. The second-order valence-electron chi connectivity index (χ2n) is 6.66. The van der Waals surface area contributed by atoms with E-state index in [1.807, 2.05) is 36.4 Å². The maximum absolute atomic E-state index is 12.3. The van der Waals surface area contributed by atoms with Crippen LogP contribution in [0.1, 0.15) is 36.7 Å². The average Bonchev–Trinajstić information content (AvgIpc) is 2.59. The molecule has 2 aromatic carbocycles. The van der Waals surface area contributed by atoms with Gasteiger partial charge < -0.3 is 4.74 Å². The number of carbonyl (C=O) groups excluding carboxylic acids is 1. The van der Waals surface area contributed by atoms with Gasteiger partial charge in [0.15, 0.2) is 0 Å². The Hall–Kier alpha value is -2.18. The lowest BCUT2D eigenvalue weighted by Gasteiger charge is -2.20. The van der Waals surface area contributed by atoms with Crippen molar-refractivity contribution in [1.82, 2.24) is 4.72 Å². The molecule has 0 atom stereocenters. The summed E-state index contributed by atoms with van der Waals surface area (Å²) in [6.07, 6.45) is 0. The Balaban J connectivity index is 2.28. The average molecular weight is 361 g/mol. The van der Waals surface area contributed by atoms with E-state index in [0.717, 1.165) is 16.7 Å². The lowest BCUT2D eigenvalue weighted by molar-refractivity contribution is 0.0600. The summed E-state index contributed by atoms with van der Waals surface area (Å²) in [5.74, 6) is -0.391. The summed E-state index contributed by atoms with van der Waals surface area (Å²) in [6, 6.07) is 14.6. The first-order chi connectivity index (χ1) is 11.7. The van der Waals surface area contributed by atoms with Crippen LogP contribution in [0.25, 0.3) is 11.1 Å². The van der Waals surface area contributed by atoms with E-state index < -0.39 is 20.7 Å². The van der Waals surface area contributed by atoms with Crippen LogP contribution in [0, 0.1) is 0 Å². The number of hydrogen-bond acceptors (Lipinski definition) is 4. The summed E-state index contributed by atoms with van der Waals surface area (Å²) >= 11 is 0. The summed E-state index contributed by atoms with van der Waals surface area (Å²) in [5, 5.41) is 0. The van der Waals surface area contributed by atoms with E-state index >= 15 is 0 Å². The van der Waals surface area contributed by atoms with Gasteiger partial charge in [0, 0.05) is 6.54 Å². The molecule has 1 N–H and O–H groups in total. The zero-order valence-corrected chi connectivity index (χ0v) is 15.7. The Morgan fingerprint density at radius 1 is 1.04 bits per heavy atom. The topological polar surface area (TPSA) is 72.5 Å². The van der Waals surface area contributed by atoms with Crippen molar-refractivity contribution in [2.75, 3.05) is 7.11 Å². The fraction of sp³-hybridized carbons (Fsp3) is 0.316. The van der Waals surface area contributed by atoms with Crippen molar-refractivity contribution in [2.24, 2.45) is 0 Å². The van der Waals surface area contributed by atoms with E-state index in [0.29, 0.717) is 5.56 Å². The van der Waals surface area contributed by atoms with Crippen LogP contribution in [-0.4, -0.2) is 26.2 Å². The fourth-order valence-electron chi connectivity index (χ4n) is 2.25. The van der Waals surface area contributed by atoms with E-state index in [4.69, 9.17) is 4.74 Å². The Morgan fingerprint density at radius 3 is 2.20 bits per heavy atom. The summed E-state index contributed by atoms with van der Waals surface area (Å²) in [7, 11) is -2.09. The lowest BCUT2D eigenvalue weighted by atomic mass is 9.99. The molecule has 0 saturated carbocycles. The highest BCUT2D eigenvalue weighted by Crippen LogP contribution is 2.25. The second-order valence-corrected chi connectivity index (χ2v) is 9.18. The molecular formula is C19H23NO4S. The van der Waals surface area contributed by atoms with Crippen molar-refractivity contribution in [2.45, 2.75) is 32.1 Å². The van der Waals surface area contributed by atoms with Crippen molar-refractivity contribution in [1.29, 1.82) is 0 Å². The summed E-state index contributed by atoms with van der Waals surface area (Å²) < 4.78 is 31.0. The van der Waals surface area contributed by atoms with Crippen molar-refractivity contribution >= 4 is 16.0 Å². The third-order valence-corrected chi connectivity index (χ3v) is 6.03. The molecule has 0 heterocycles. The van der Waals surface area contributed by atoms with Crippen LogP contribution in [0.3, 0.4) is 0 Å². The van der Waals surface area contributed by atoms with Gasteiger partial charge in [-0.25, -0.2) is 17.9 Å². The SMILES string of the molecule is COC(=O)c1ccc(-c2ccccc2CNS(=O)(=O)C(C)(C)C)cc1. The van der Waals surface area contributed by atoms with Gasteiger partial charge in [-0.3, -0.25) is 0 Å². The molecule has 0 aromatic heterocycles. The van der Waals surface area contributed by atoms with Gasteiger partial charge in [0.2, 0.25) is 10.0 Å². The number of benzene rings is 2. The number of rotatable bonds is 5. The minimum absolute atomic E-state index is 0.203. The van der Waals surface area contributed by atoms with E-state index in [1.54, 1.807) is 32.9 Å². The van der Waals surface area contributed by atoms with Gasteiger partial charge in [-0.15, -0.1) is 0 Å². The molecule has 0 bridgehead atoms. The van der Waals surface area contributed by atoms with Crippen LogP contribution in [0.15, 0.2) is 48.5 Å². The summed E-state index contributed by atoms with van der Waals surface area (Å²) in [5.41, 5.74) is 3.15. The molecule has 0 amide bonds. The second kappa shape index (κ2) is 7.37. The van der Waals surface area contributed by atoms with Gasteiger partial charge in [-0.05, 0) is 49.6 Å². The van der Waals surface area contributed by atoms with E-state index in [1.165, 1.54) is 7.11 Å². The standard InChI is InChI=1S/C19H23NO4S/c1-19(2,3)25(22,23)20-13-16-7-5-6-8-17(16)14-9-11-15(12-10-14)18(21)24-4/h5-12,20H,13H2,1-4H3. The molecule has 0 aliphatic heterocycles. The molecule has 25 heavy (non-hydrogen) atoms. The summed E-state index contributed by atoms with van der Waals surface area (Å²) in [6.45, 7) is 5.18. The predicted octanol–water partition coefficient (Wildman–Crippen LogP) is 3.36. The quantitative estimate of drug-likeness (QED) is 0.829. The van der Waals surface area contributed by atoms with Crippen molar-refractivity contribution in [3.8, 4) is 11.1 Å². The Bertz CT molecular complexity index is 850. The monoisotopic (exact) mass is 361 g/mol. The minimum Gasteiger partial charge on any atom is -0.465 e. The maximum atomic E-state index is 12.3. The van der Waals surface area contributed by atoms with E-state index in [2.05, 4.69) is 4.72 Å². The van der Waals surface area contributed by atoms with Crippen molar-refractivity contribution in [3.63, 3.8) is 0 Å². The number of ether oxygens (including phenoxy) is 1. The minimum atomic E-state index is -3.43. The van der Waals surface area contributed by atoms with Gasteiger partial charge in [0.25, 0.3) is 0 Å². The van der Waals surface area contributed by atoms with Crippen LogP contribution < -0.4 is 4.72 Å². The summed E-state index contributed by atoms with van der Waals surface area (Å²) in [4.78, 5) is 11.5. The first kappa shape index (κ1) is 19.1. The molecule has 6 heteroatoms. The molecule has 0 fully saturated rings. The third-order valence-electron chi connectivity index (χ3n) is 3.89. The number of esters is 1. The number of sulfonamides is 1. The van der Waals surface area contributed by atoms with Crippen molar-refractivity contribution < 1.29 is 17.9 Å². The largest absolute Gasteiger partial charge is 0.465 e. The molecule has 0 spiro atoms. The van der Waals surface area contributed by atoms with Crippen LogP contribution in [0.2, 0.25) is 0 Å². The molecule has 2 aromatic rings. The number of hydrogen-bond donors (Lipinski definition) is 1. The lowest BCUT2D eigenvalue weighted by Crippen LogP contribution is -2.39. The van der Waals surface area contributed by atoms with Crippen LogP contribution in [0.4, 0.5) is 0 Å². The Morgan fingerprint density at radius 2 is 1.64 bits per heavy atom. The maximum Gasteiger partial charge on any atom is 0.337 e. The van der Waals surface area contributed by atoms with Crippen LogP contribution >= 0.6 is 0 Å². The molecule has 5 nitrogen and oxygen atoms in total. The molecular weight excluding hydrogens is 338 g/mol. The van der Waals surface area contributed by atoms with Crippen molar-refractivity contribution in [3.05, 3.63) is 59.7 Å². The molecule has 0 radical (unpaired) electrons. The number of nitrogens with one attached hydrogen (secondary N) is 1. The van der Waals surface area contributed by atoms with Gasteiger partial charge >= 0.3 is 5.97 Å². The van der Waals surface area contributed by atoms with E-state index in [-0.39, 0.29) is 6.54 Å². The number of methoxy groups -OCH3 is 1. The smallest absolute Gasteiger partial charge is 0.337 e. The fourth-order valence-corrected chi connectivity index (χ4v) is 3.03. The van der Waals surface area contributed by atoms with Crippen LogP contribution in [0.5, 0.6) is 0 Å². The predicted molar refractivity (Wildman–Crippen MR) is 98.7 cm³/mol. The highest BCUT2D eigenvalue weighted by Gasteiger charge is 2.28. The van der Waals surface area contributed by atoms with E-state index in [9.17, 15) is 13.2 Å².